The molecule has 1 aromatic heterocycles. The van der Waals surface area contributed by atoms with Gasteiger partial charge in [-0.1, -0.05) is 32.1 Å². The fourth-order valence-corrected chi connectivity index (χ4v) is 3.79. The first kappa shape index (κ1) is 16.5. The summed E-state index contributed by atoms with van der Waals surface area (Å²) < 4.78 is 28.7. The van der Waals surface area contributed by atoms with Gasteiger partial charge in [-0.2, -0.15) is 5.10 Å². The minimum Gasteiger partial charge on any atom is -0.318 e. The van der Waals surface area contributed by atoms with Crippen LogP contribution in [0.4, 0.5) is 0 Å². The van der Waals surface area contributed by atoms with Gasteiger partial charge in [-0.05, 0) is 19.4 Å². The molecule has 1 aliphatic rings. The van der Waals surface area contributed by atoms with Crippen LogP contribution in [0.3, 0.4) is 0 Å². The van der Waals surface area contributed by atoms with Crippen molar-refractivity contribution in [3.8, 4) is 0 Å². The van der Waals surface area contributed by atoms with E-state index in [4.69, 9.17) is 0 Å². The number of rotatable bonds is 8. The lowest BCUT2D eigenvalue weighted by Gasteiger charge is -2.21. The molecule has 0 aromatic carbocycles. The van der Waals surface area contributed by atoms with Crippen LogP contribution in [0.15, 0.2) is 17.3 Å². The van der Waals surface area contributed by atoms with Crippen LogP contribution in [0.2, 0.25) is 0 Å². The largest absolute Gasteiger partial charge is 0.318 e. The summed E-state index contributed by atoms with van der Waals surface area (Å²) in [5, 5.41) is 7.08. The molecule has 0 radical (unpaired) electrons. The first-order valence-corrected chi connectivity index (χ1v) is 9.27. The summed E-state index contributed by atoms with van der Waals surface area (Å²) in [6.07, 6.45) is 10.3. The van der Waals surface area contributed by atoms with E-state index in [0.29, 0.717) is 19.0 Å². The van der Waals surface area contributed by atoms with Crippen molar-refractivity contribution in [1.82, 2.24) is 19.8 Å². The lowest BCUT2D eigenvalue weighted by atomic mass is 9.87. The first-order valence-electron chi connectivity index (χ1n) is 7.78. The standard InChI is InChI=1S/C14H26N4O2S/c1-15-9-10-18-12-14(11-16-18)21(19,20)17-8-7-13-5-3-2-4-6-13/h11-13,15,17H,2-10H2,1H3. The molecule has 1 heterocycles. The molecule has 1 saturated carbocycles. The molecule has 21 heavy (non-hydrogen) atoms. The zero-order valence-electron chi connectivity index (χ0n) is 12.7. The molecule has 0 spiro atoms. The molecule has 0 bridgehead atoms. The predicted molar refractivity (Wildman–Crippen MR) is 82.5 cm³/mol. The lowest BCUT2D eigenvalue weighted by molar-refractivity contribution is 0.339. The number of hydrogen-bond acceptors (Lipinski definition) is 4. The summed E-state index contributed by atoms with van der Waals surface area (Å²) in [6, 6.07) is 0. The molecule has 0 aliphatic heterocycles. The molecule has 0 amide bonds. The summed E-state index contributed by atoms with van der Waals surface area (Å²) in [6.45, 7) is 1.94. The van der Waals surface area contributed by atoms with Gasteiger partial charge in [0.25, 0.3) is 0 Å². The van der Waals surface area contributed by atoms with Gasteiger partial charge in [0, 0.05) is 19.3 Å². The van der Waals surface area contributed by atoms with E-state index in [-0.39, 0.29) is 4.90 Å². The maximum Gasteiger partial charge on any atom is 0.243 e. The van der Waals surface area contributed by atoms with Crippen LogP contribution in [-0.4, -0.2) is 38.3 Å². The van der Waals surface area contributed by atoms with Gasteiger partial charge in [-0.25, -0.2) is 13.1 Å². The highest BCUT2D eigenvalue weighted by molar-refractivity contribution is 7.89. The van der Waals surface area contributed by atoms with E-state index in [1.54, 1.807) is 10.9 Å². The highest BCUT2D eigenvalue weighted by atomic mass is 32.2. The van der Waals surface area contributed by atoms with Gasteiger partial charge in [0.2, 0.25) is 10.0 Å². The van der Waals surface area contributed by atoms with E-state index in [1.165, 1.54) is 38.3 Å². The highest BCUT2D eigenvalue weighted by Gasteiger charge is 2.18. The van der Waals surface area contributed by atoms with Crippen LogP contribution < -0.4 is 10.0 Å². The Balaban J connectivity index is 1.81. The fourth-order valence-electron chi connectivity index (χ4n) is 2.79. The summed E-state index contributed by atoms with van der Waals surface area (Å²) in [5.41, 5.74) is 0. The molecule has 7 heteroatoms. The second-order valence-corrected chi connectivity index (χ2v) is 7.50. The van der Waals surface area contributed by atoms with Crippen molar-refractivity contribution in [2.45, 2.75) is 50.0 Å². The second-order valence-electron chi connectivity index (χ2n) is 5.73. The molecule has 1 fully saturated rings. The third-order valence-electron chi connectivity index (χ3n) is 4.08. The van der Waals surface area contributed by atoms with E-state index in [2.05, 4.69) is 15.1 Å². The Labute approximate surface area is 127 Å². The lowest BCUT2D eigenvalue weighted by Crippen LogP contribution is -2.26. The van der Waals surface area contributed by atoms with Gasteiger partial charge in [-0.15, -0.1) is 0 Å². The molecule has 2 N–H and O–H groups in total. The van der Waals surface area contributed by atoms with Gasteiger partial charge in [0.05, 0.1) is 12.7 Å². The minimum absolute atomic E-state index is 0.252. The maximum atomic E-state index is 12.2. The number of aromatic nitrogens is 2. The van der Waals surface area contributed by atoms with Crippen molar-refractivity contribution in [2.24, 2.45) is 5.92 Å². The van der Waals surface area contributed by atoms with Crippen LogP contribution in [-0.2, 0) is 16.6 Å². The van der Waals surface area contributed by atoms with Crippen molar-refractivity contribution >= 4 is 10.0 Å². The number of nitrogens with zero attached hydrogens (tertiary/aromatic N) is 2. The van der Waals surface area contributed by atoms with E-state index < -0.39 is 10.0 Å². The van der Waals surface area contributed by atoms with Crippen LogP contribution in [0.1, 0.15) is 38.5 Å². The summed E-state index contributed by atoms with van der Waals surface area (Å²) in [4.78, 5) is 0.252. The summed E-state index contributed by atoms with van der Waals surface area (Å²) in [7, 11) is -1.56. The zero-order chi connectivity index (χ0) is 15.1. The van der Waals surface area contributed by atoms with E-state index >= 15 is 0 Å². The first-order chi connectivity index (χ1) is 10.1. The number of sulfonamides is 1. The van der Waals surface area contributed by atoms with E-state index in [0.717, 1.165) is 13.0 Å². The predicted octanol–water partition coefficient (Wildman–Crippen LogP) is 1.35. The third-order valence-corrected chi connectivity index (χ3v) is 5.50. The van der Waals surface area contributed by atoms with Crippen molar-refractivity contribution in [1.29, 1.82) is 0 Å². The van der Waals surface area contributed by atoms with Crippen LogP contribution in [0.5, 0.6) is 0 Å². The van der Waals surface area contributed by atoms with Crippen molar-refractivity contribution in [3.63, 3.8) is 0 Å². The minimum atomic E-state index is -3.42. The Morgan fingerprint density at radius 1 is 1.29 bits per heavy atom. The second kappa shape index (κ2) is 7.91. The topological polar surface area (TPSA) is 76.0 Å². The summed E-state index contributed by atoms with van der Waals surface area (Å²) in [5.74, 6) is 0.680. The molecule has 0 unspecified atom stereocenters. The third kappa shape index (κ3) is 5.09. The molecule has 0 saturated heterocycles. The van der Waals surface area contributed by atoms with Crippen LogP contribution in [0.25, 0.3) is 0 Å². The van der Waals surface area contributed by atoms with Crippen molar-refractivity contribution in [3.05, 3.63) is 12.4 Å². The number of nitrogens with one attached hydrogen (secondary N) is 2. The van der Waals surface area contributed by atoms with E-state index in [1.807, 2.05) is 7.05 Å². The fraction of sp³-hybridized carbons (Fsp3) is 0.786. The molecular formula is C14H26N4O2S. The van der Waals surface area contributed by atoms with Crippen LogP contribution in [0, 0.1) is 5.92 Å². The molecular weight excluding hydrogens is 288 g/mol. The SMILES string of the molecule is CNCCn1cc(S(=O)(=O)NCCC2CCCCC2)cn1. The Morgan fingerprint density at radius 3 is 2.76 bits per heavy atom. The average Bonchev–Trinajstić information content (AvgIpc) is 2.96. The number of hydrogen-bond donors (Lipinski definition) is 2. The zero-order valence-corrected chi connectivity index (χ0v) is 13.5. The summed E-state index contributed by atoms with van der Waals surface area (Å²) >= 11 is 0. The van der Waals surface area contributed by atoms with Gasteiger partial charge in [0.1, 0.15) is 4.90 Å². The maximum absolute atomic E-state index is 12.2. The van der Waals surface area contributed by atoms with Gasteiger partial charge < -0.3 is 5.32 Å². The highest BCUT2D eigenvalue weighted by Crippen LogP contribution is 2.25. The Hall–Kier alpha value is -0.920. The molecule has 1 aliphatic carbocycles. The molecule has 6 nitrogen and oxygen atoms in total. The average molecular weight is 314 g/mol. The van der Waals surface area contributed by atoms with Crippen molar-refractivity contribution in [2.75, 3.05) is 20.1 Å². The van der Waals surface area contributed by atoms with E-state index in [9.17, 15) is 8.42 Å². The molecule has 0 atom stereocenters. The van der Waals surface area contributed by atoms with Crippen LogP contribution >= 0.6 is 0 Å². The Bertz CT molecular complexity index is 521. The quantitative estimate of drug-likeness (QED) is 0.759. The molecule has 2 rings (SSSR count). The van der Waals surface area contributed by atoms with Gasteiger partial charge in [0.15, 0.2) is 0 Å². The van der Waals surface area contributed by atoms with Crippen molar-refractivity contribution < 1.29 is 8.42 Å². The monoisotopic (exact) mass is 314 g/mol. The number of likely N-dealkylation sites (N-methyl/N-ethyl adjacent to an activating group) is 1. The molecule has 1 aromatic rings. The smallest absolute Gasteiger partial charge is 0.243 e. The Morgan fingerprint density at radius 2 is 2.05 bits per heavy atom. The van der Waals surface area contributed by atoms with Gasteiger partial charge in [-0.3, -0.25) is 4.68 Å². The normalized spacial score (nSPS) is 17.2. The van der Waals surface area contributed by atoms with Gasteiger partial charge >= 0.3 is 0 Å². The molecule has 120 valence electrons. The Kier molecular flexibility index (Phi) is 6.20.